The van der Waals surface area contributed by atoms with Crippen LogP contribution in [0.3, 0.4) is 0 Å². The molecular formula is C20H26N6O. The fraction of sp³-hybridized carbons (Fsp3) is 0.450. The molecule has 1 saturated heterocycles. The van der Waals surface area contributed by atoms with Gasteiger partial charge in [-0.1, -0.05) is 12.1 Å². The predicted octanol–water partition coefficient (Wildman–Crippen LogP) is 2.50. The first-order chi connectivity index (χ1) is 13.1. The number of imidazole rings is 1. The molecule has 0 bridgehead atoms. The zero-order valence-electron chi connectivity index (χ0n) is 15.9. The van der Waals surface area contributed by atoms with Gasteiger partial charge in [-0.3, -0.25) is 14.4 Å². The summed E-state index contributed by atoms with van der Waals surface area (Å²) in [7, 11) is 1.86. The zero-order valence-corrected chi connectivity index (χ0v) is 15.9. The number of amides is 1. The van der Waals surface area contributed by atoms with Crippen LogP contribution >= 0.6 is 0 Å². The zero-order chi connectivity index (χ0) is 18.8. The van der Waals surface area contributed by atoms with Crippen molar-refractivity contribution < 1.29 is 4.79 Å². The summed E-state index contributed by atoms with van der Waals surface area (Å²) in [4.78, 5) is 22.8. The monoisotopic (exact) mass is 366 g/mol. The number of aromatic amines is 1. The number of anilines is 1. The molecule has 27 heavy (non-hydrogen) atoms. The molecule has 0 radical (unpaired) electrons. The number of likely N-dealkylation sites (tertiary alicyclic amines) is 1. The first-order valence-electron chi connectivity index (χ1n) is 9.53. The number of aromatic nitrogens is 4. The summed E-state index contributed by atoms with van der Waals surface area (Å²) in [6, 6.07) is 8.13. The molecule has 7 heteroatoms. The summed E-state index contributed by atoms with van der Waals surface area (Å²) >= 11 is 0. The molecule has 1 unspecified atom stereocenters. The predicted molar refractivity (Wildman–Crippen MR) is 106 cm³/mol. The van der Waals surface area contributed by atoms with Crippen LogP contribution < -0.4 is 5.32 Å². The van der Waals surface area contributed by atoms with E-state index in [9.17, 15) is 4.79 Å². The number of benzene rings is 1. The van der Waals surface area contributed by atoms with E-state index in [1.165, 1.54) is 6.42 Å². The Morgan fingerprint density at radius 2 is 2.22 bits per heavy atom. The van der Waals surface area contributed by atoms with Gasteiger partial charge in [-0.05, 0) is 44.4 Å². The highest BCUT2D eigenvalue weighted by molar-refractivity contribution is 5.92. The molecule has 1 amide bonds. The first kappa shape index (κ1) is 17.7. The van der Waals surface area contributed by atoms with Gasteiger partial charge >= 0.3 is 0 Å². The summed E-state index contributed by atoms with van der Waals surface area (Å²) in [5.74, 6) is 1.58. The Kier molecular flexibility index (Phi) is 4.94. The van der Waals surface area contributed by atoms with Gasteiger partial charge in [0.15, 0.2) is 0 Å². The number of piperidine rings is 1. The summed E-state index contributed by atoms with van der Waals surface area (Å²) < 4.78 is 1.72. The smallest absolute Gasteiger partial charge is 0.238 e. The average molecular weight is 366 g/mol. The fourth-order valence-electron chi connectivity index (χ4n) is 3.95. The second-order valence-corrected chi connectivity index (χ2v) is 7.50. The second kappa shape index (κ2) is 7.52. The van der Waals surface area contributed by atoms with Gasteiger partial charge in [0.25, 0.3) is 0 Å². The minimum atomic E-state index is 0.0236. The standard InChI is InChI=1S/C20H26N6O/c1-14-18(12-25(2)24-14)23-20(27)13-26-9-5-6-15(11-26)10-19-21-16-7-3-4-8-17(16)22-19/h3-4,7-8,12,15H,5-6,9-11,13H2,1-2H3,(H,21,22)(H,23,27). The first-order valence-corrected chi connectivity index (χ1v) is 9.53. The number of para-hydroxylation sites is 2. The van der Waals surface area contributed by atoms with Crippen molar-refractivity contribution in [2.75, 3.05) is 25.0 Å². The van der Waals surface area contributed by atoms with Crippen molar-refractivity contribution in [3.05, 3.63) is 42.0 Å². The summed E-state index contributed by atoms with van der Waals surface area (Å²) in [5, 5.41) is 7.24. The van der Waals surface area contributed by atoms with Crippen LogP contribution in [0.4, 0.5) is 5.69 Å². The molecule has 1 aliphatic heterocycles. The van der Waals surface area contributed by atoms with Crippen LogP contribution in [-0.2, 0) is 18.3 Å². The van der Waals surface area contributed by atoms with Crippen LogP contribution in [0.5, 0.6) is 0 Å². The number of H-pyrrole nitrogens is 1. The molecule has 1 aromatic carbocycles. The molecule has 142 valence electrons. The molecular weight excluding hydrogens is 340 g/mol. The van der Waals surface area contributed by atoms with E-state index in [0.29, 0.717) is 12.5 Å². The van der Waals surface area contributed by atoms with Crippen LogP contribution in [0.2, 0.25) is 0 Å². The molecule has 0 spiro atoms. The van der Waals surface area contributed by atoms with E-state index in [4.69, 9.17) is 4.98 Å². The van der Waals surface area contributed by atoms with E-state index in [-0.39, 0.29) is 5.91 Å². The average Bonchev–Trinajstić information content (AvgIpc) is 3.17. The van der Waals surface area contributed by atoms with Crippen molar-refractivity contribution in [1.82, 2.24) is 24.6 Å². The van der Waals surface area contributed by atoms with Gasteiger partial charge < -0.3 is 10.3 Å². The van der Waals surface area contributed by atoms with Crippen LogP contribution in [0.1, 0.15) is 24.4 Å². The normalized spacial score (nSPS) is 18.1. The number of hydrogen-bond acceptors (Lipinski definition) is 4. The van der Waals surface area contributed by atoms with Crippen molar-refractivity contribution in [2.45, 2.75) is 26.2 Å². The molecule has 3 heterocycles. The topological polar surface area (TPSA) is 78.8 Å². The lowest BCUT2D eigenvalue weighted by Crippen LogP contribution is -2.41. The fourth-order valence-corrected chi connectivity index (χ4v) is 3.95. The Labute approximate surface area is 158 Å². The third-order valence-electron chi connectivity index (χ3n) is 5.18. The van der Waals surface area contributed by atoms with E-state index in [1.807, 2.05) is 38.4 Å². The molecule has 7 nitrogen and oxygen atoms in total. The number of hydrogen-bond donors (Lipinski definition) is 2. The molecule has 1 aliphatic rings. The van der Waals surface area contributed by atoms with Gasteiger partial charge in [-0.15, -0.1) is 0 Å². The molecule has 0 saturated carbocycles. The number of nitrogens with one attached hydrogen (secondary N) is 2. The number of fused-ring (bicyclic) bond motifs is 1. The Balaban J connectivity index is 1.33. The van der Waals surface area contributed by atoms with Gasteiger partial charge in [0, 0.05) is 26.2 Å². The van der Waals surface area contributed by atoms with E-state index in [1.54, 1.807) is 4.68 Å². The second-order valence-electron chi connectivity index (χ2n) is 7.50. The van der Waals surface area contributed by atoms with Crippen molar-refractivity contribution in [2.24, 2.45) is 13.0 Å². The number of nitrogens with zero attached hydrogens (tertiary/aromatic N) is 4. The van der Waals surface area contributed by atoms with E-state index in [2.05, 4.69) is 26.4 Å². The summed E-state index contributed by atoms with van der Waals surface area (Å²) in [5.41, 5.74) is 3.74. The molecule has 0 aliphatic carbocycles. The maximum atomic E-state index is 12.4. The largest absolute Gasteiger partial charge is 0.342 e. The maximum Gasteiger partial charge on any atom is 0.238 e. The number of carbonyl (C=O) groups excluding carboxylic acids is 1. The van der Waals surface area contributed by atoms with Gasteiger partial charge in [-0.2, -0.15) is 5.10 Å². The molecule has 1 atom stereocenters. The number of rotatable bonds is 5. The van der Waals surface area contributed by atoms with Crippen LogP contribution in [0.15, 0.2) is 30.5 Å². The highest BCUT2D eigenvalue weighted by Gasteiger charge is 2.23. The van der Waals surface area contributed by atoms with Crippen molar-refractivity contribution in [3.8, 4) is 0 Å². The Morgan fingerprint density at radius 1 is 1.37 bits per heavy atom. The molecule has 2 N–H and O–H groups in total. The quantitative estimate of drug-likeness (QED) is 0.727. The Bertz CT molecular complexity index is 910. The number of aryl methyl sites for hydroxylation is 2. The summed E-state index contributed by atoms with van der Waals surface area (Å²) in [6.45, 7) is 4.22. The molecule has 2 aromatic heterocycles. The minimum Gasteiger partial charge on any atom is -0.342 e. The lowest BCUT2D eigenvalue weighted by molar-refractivity contribution is -0.117. The molecule has 1 fully saturated rings. The third kappa shape index (κ3) is 4.19. The van der Waals surface area contributed by atoms with Crippen molar-refractivity contribution >= 4 is 22.6 Å². The van der Waals surface area contributed by atoms with Crippen LogP contribution in [0.25, 0.3) is 11.0 Å². The molecule has 4 rings (SSSR count). The van der Waals surface area contributed by atoms with Crippen LogP contribution in [0, 0.1) is 12.8 Å². The van der Waals surface area contributed by atoms with Gasteiger partial charge in [0.2, 0.25) is 5.91 Å². The van der Waals surface area contributed by atoms with Gasteiger partial charge in [0.1, 0.15) is 5.82 Å². The van der Waals surface area contributed by atoms with Crippen LogP contribution in [-0.4, -0.2) is 50.2 Å². The highest BCUT2D eigenvalue weighted by Crippen LogP contribution is 2.21. The van der Waals surface area contributed by atoms with Crippen molar-refractivity contribution in [3.63, 3.8) is 0 Å². The van der Waals surface area contributed by atoms with Crippen molar-refractivity contribution in [1.29, 1.82) is 0 Å². The third-order valence-corrected chi connectivity index (χ3v) is 5.18. The lowest BCUT2D eigenvalue weighted by Gasteiger charge is -2.31. The maximum absolute atomic E-state index is 12.4. The highest BCUT2D eigenvalue weighted by atomic mass is 16.2. The van der Waals surface area contributed by atoms with E-state index in [0.717, 1.165) is 54.2 Å². The number of carbonyl (C=O) groups is 1. The minimum absolute atomic E-state index is 0.0236. The summed E-state index contributed by atoms with van der Waals surface area (Å²) in [6.07, 6.45) is 5.06. The molecule has 3 aromatic rings. The van der Waals surface area contributed by atoms with Gasteiger partial charge in [-0.25, -0.2) is 4.98 Å². The van der Waals surface area contributed by atoms with E-state index < -0.39 is 0 Å². The Morgan fingerprint density at radius 3 is 3.00 bits per heavy atom. The van der Waals surface area contributed by atoms with Gasteiger partial charge in [0.05, 0.1) is 29.0 Å². The van der Waals surface area contributed by atoms with E-state index >= 15 is 0 Å². The lowest BCUT2D eigenvalue weighted by atomic mass is 9.94. The Hall–Kier alpha value is -2.67. The SMILES string of the molecule is Cc1nn(C)cc1NC(=O)CN1CCCC(Cc2nc3ccccc3[nH]2)C1.